The molecule has 1 aliphatic carbocycles. The number of aryl methyl sites for hydroxylation is 1. The van der Waals surface area contributed by atoms with Crippen molar-refractivity contribution in [3.05, 3.63) is 65.7 Å². The van der Waals surface area contributed by atoms with Gasteiger partial charge in [0.1, 0.15) is 12.2 Å². The lowest BCUT2D eigenvalue weighted by atomic mass is 9.83. The second-order valence-corrected chi connectivity index (χ2v) is 11.0. The summed E-state index contributed by atoms with van der Waals surface area (Å²) >= 11 is 0. The molecule has 3 N–H and O–H groups in total. The molecule has 1 saturated carbocycles. The molecule has 0 radical (unpaired) electrons. The number of nitriles is 1. The topological polar surface area (TPSA) is 133 Å². The second kappa shape index (κ2) is 11.1. The van der Waals surface area contributed by atoms with Gasteiger partial charge in [-0.1, -0.05) is 0 Å². The third kappa shape index (κ3) is 5.82. The van der Waals surface area contributed by atoms with Crippen molar-refractivity contribution < 1.29 is 14.3 Å². The number of amides is 1. The van der Waals surface area contributed by atoms with Gasteiger partial charge in [0, 0.05) is 25.5 Å². The van der Waals surface area contributed by atoms with Crippen LogP contribution in [0.25, 0.3) is 16.9 Å². The molecular weight excluding hydrogens is 511 g/mol. The first-order valence-corrected chi connectivity index (χ1v) is 13.4. The Morgan fingerprint density at radius 1 is 1.20 bits per heavy atom. The maximum absolute atomic E-state index is 14.4. The molecular formula is C29H33FN8O2. The normalized spacial score (nSPS) is 18.3. The third-order valence-corrected chi connectivity index (χ3v) is 7.53. The van der Waals surface area contributed by atoms with Crippen LogP contribution in [0.5, 0.6) is 0 Å². The molecule has 0 bridgehead atoms. The number of pyridine rings is 1. The van der Waals surface area contributed by atoms with Gasteiger partial charge in [-0.2, -0.15) is 15.5 Å². The fraction of sp³-hybridized carbons (Fsp3) is 0.414. The number of anilines is 1. The van der Waals surface area contributed by atoms with Crippen LogP contribution in [0.1, 0.15) is 66.9 Å². The van der Waals surface area contributed by atoms with Gasteiger partial charge in [-0.05, 0) is 75.3 Å². The van der Waals surface area contributed by atoms with Crippen LogP contribution in [0, 0.1) is 11.3 Å². The number of fused-ring (bicyclic) bond motifs is 1. The lowest BCUT2D eigenvalue weighted by Gasteiger charge is -2.30. The molecule has 11 heteroatoms. The SMILES string of the molecule is Cn1cc([C@H]2CC[C@H](Nc3cc(-c4ccc5cc(C#N)cnn45)ncc3C(=O)NC[C@@H](F)C(C)(C)O)CC2)cn1. The molecule has 0 aromatic carbocycles. The van der Waals surface area contributed by atoms with Gasteiger partial charge in [0.15, 0.2) is 0 Å². The van der Waals surface area contributed by atoms with E-state index in [-0.39, 0.29) is 12.6 Å². The molecule has 4 aromatic rings. The standard InChI is InChI=1S/C29H33FN8O2/c1-29(2,40)27(30)16-33-28(39)23-15-32-25(26-9-8-22-10-18(12-31)13-35-38(22)26)11-24(23)36-21-6-4-19(5-7-21)20-14-34-37(3)17-20/h8-11,13-15,17,19,21,27,40H,4-7,16H2,1-3H3,(H,32,36)(H,33,39)/t19-,21-,27-/m1/s1. The maximum atomic E-state index is 14.4. The zero-order chi connectivity index (χ0) is 28.4. The quantitative estimate of drug-likeness (QED) is 0.306. The minimum Gasteiger partial charge on any atom is -0.387 e. The minimum atomic E-state index is -1.63. The first-order valence-electron chi connectivity index (χ1n) is 13.4. The zero-order valence-electron chi connectivity index (χ0n) is 22.8. The van der Waals surface area contributed by atoms with E-state index in [0.717, 1.165) is 31.2 Å². The molecule has 4 aromatic heterocycles. The van der Waals surface area contributed by atoms with Gasteiger partial charge in [-0.3, -0.25) is 14.5 Å². The van der Waals surface area contributed by atoms with Crippen molar-refractivity contribution in [3.63, 3.8) is 0 Å². The van der Waals surface area contributed by atoms with E-state index in [2.05, 4.69) is 38.1 Å². The molecule has 1 aliphatic rings. The summed E-state index contributed by atoms with van der Waals surface area (Å²) in [6, 6.07) is 9.51. The summed E-state index contributed by atoms with van der Waals surface area (Å²) in [5.74, 6) is -0.0309. The summed E-state index contributed by atoms with van der Waals surface area (Å²) in [7, 11) is 1.92. The van der Waals surface area contributed by atoms with Gasteiger partial charge in [-0.15, -0.1) is 0 Å². The lowest BCUT2D eigenvalue weighted by Crippen LogP contribution is -2.42. The highest BCUT2D eigenvalue weighted by Crippen LogP contribution is 2.35. The van der Waals surface area contributed by atoms with E-state index in [1.54, 1.807) is 10.6 Å². The summed E-state index contributed by atoms with van der Waals surface area (Å²) in [5.41, 5.74) is 3.07. The fourth-order valence-corrected chi connectivity index (χ4v) is 5.12. The number of rotatable bonds is 8. The molecule has 10 nitrogen and oxygen atoms in total. The summed E-state index contributed by atoms with van der Waals surface area (Å²) in [5, 5.41) is 34.0. The average molecular weight is 545 g/mol. The Hall–Kier alpha value is -4.30. The van der Waals surface area contributed by atoms with Crippen LogP contribution < -0.4 is 10.6 Å². The van der Waals surface area contributed by atoms with Crippen LogP contribution >= 0.6 is 0 Å². The summed E-state index contributed by atoms with van der Waals surface area (Å²) < 4.78 is 17.9. The van der Waals surface area contributed by atoms with E-state index >= 15 is 0 Å². The molecule has 208 valence electrons. The Kier molecular flexibility index (Phi) is 7.54. The highest BCUT2D eigenvalue weighted by Gasteiger charge is 2.28. The highest BCUT2D eigenvalue weighted by atomic mass is 19.1. The fourth-order valence-electron chi connectivity index (χ4n) is 5.12. The van der Waals surface area contributed by atoms with Gasteiger partial charge in [0.2, 0.25) is 0 Å². The Balaban J connectivity index is 1.40. The predicted molar refractivity (Wildman–Crippen MR) is 148 cm³/mol. The molecule has 0 saturated heterocycles. The molecule has 0 aliphatic heterocycles. The number of carbonyl (C=O) groups excluding carboxylic acids is 1. The van der Waals surface area contributed by atoms with E-state index in [1.807, 2.05) is 36.1 Å². The number of nitrogens with one attached hydrogen (secondary N) is 2. The van der Waals surface area contributed by atoms with Crippen molar-refractivity contribution in [1.29, 1.82) is 5.26 Å². The Labute approximate surface area is 231 Å². The van der Waals surface area contributed by atoms with E-state index in [4.69, 9.17) is 0 Å². The third-order valence-electron chi connectivity index (χ3n) is 7.53. The Bertz CT molecular complexity index is 1560. The van der Waals surface area contributed by atoms with Crippen molar-refractivity contribution in [2.24, 2.45) is 7.05 Å². The van der Waals surface area contributed by atoms with Crippen LogP contribution in [0.2, 0.25) is 0 Å². The number of hydrogen-bond acceptors (Lipinski definition) is 7. The first-order chi connectivity index (χ1) is 19.1. The summed E-state index contributed by atoms with van der Waals surface area (Å²) in [4.78, 5) is 17.7. The maximum Gasteiger partial charge on any atom is 0.255 e. The number of nitrogens with zero attached hydrogens (tertiary/aromatic N) is 6. The second-order valence-electron chi connectivity index (χ2n) is 11.0. The van der Waals surface area contributed by atoms with Crippen LogP contribution in [0.4, 0.5) is 10.1 Å². The average Bonchev–Trinajstić information content (AvgIpc) is 3.57. The molecule has 40 heavy (non-hydrogen) atoms. The number of aliphatic hydroxyl groups is 1. The van der Waals surface area contributed by atoms with Crippen molar-refractivity contribution in [2.75, 3.05) is 11.9 Å². The molecule has 0 spiro atoms. The number of carbonyl (C=O) groups is 1. The van der Waals surface area contributed by atoms with Crippen LogP contribution in [0.3, 0.4) is 0 Å². The Morgan fingerprint density at radius 2 is 1.98 bits per heavy atom. The van der Waals surface area contributed by atoms with Crippen molar-refractivity contribution in [3.8, 4) is 17.5 Å². The lowest BCUT2D eigenvalue weighted by molar-refractivity contribution is -0.00177. The van der Waals surface area contributed by atoms with Crippen molar-refractivity contribution in [2.45, 2.75) is 63.3 Å². The van der Waals surface area contributed by atoms with E-state index in [9.17, 15) is 19.6 Å². The smallest absolute Gasteiger partial charge is 0.255 e. The van der Waals surface area contributed by atoms with E-state index < -0.39 is 17.7 Å². The number of halogens is 1. The first kappa shape index (κ1) is 27.3. The molecule has 0 unspecified atom stereocenters. The van der Waals surface area contributed by atoms with Gasteiger partial charge in [0.05, 0.1) is 58.3 Å². The monoisotopic (exact) mass is 544 g/mol. The van der Waals surface area contributed by atoms with Gasteiger partial charge >= 0.3 is 0 Å². The van der Waals surface area contributed by atoms with Gasteiger partial charge in [-0.25, -0.2) is 8.91 Å². The largest absolute Gasteiger partial charge is 0.387 e. The molecule has 1 amide bonds. The summed E-state index contributed by atoms with van der Waals surface area (Å²) in [6.07, 6.45) is 9.15. The Morgan fingerprint density at radius 3 is 2.65 bits per heavy atom. The minimum absolute atomic E-state index is 0.139. The number of alkyl halides is 1. The summed E-state index contributed by atoms with van der Waals surface area (Å²) in [6.45, 7) is 2.41. The van der Waals surface area contributed by atoms with Crippen molar-refractivity contribution >= 4 is 17.1 Å². The molecule has 1 fully saturated rings. The molecule has 4 heterocycles. The van der Waals surface area contributed by atoms with Crippen molar-refractivity contribution in [1.82, 2.24) is 29.7 Å². The number of hydrogen-bond donors (Lipinski definition) is 3. The van der Waals surface area contributed by atoms with Crippen LogP contribution in [0.15, 0.2) is 49.1 Å². The van der Waals surface area contributed by atoms with Gasteiger partial charge in [0.25, 0.3) is 5.91 Å². The van der Waals surface area contributed by atoms with Crippen LogP contribution in [-0.2, 0) is 7.05 Å². The van der Waals surface area contributed by atoms with E-state index in [0.29, 0.717) is 34.1 Å². The number of aromatic nitrogens is 5. The zero-order valence-corrected chi connectivity index (χ0v) is 22.8. The predicted octanol–water partition coefficient (Wildman–Crippen LogP) is 3.98. The highest BCUT2D eigenvalue weighted by molar-refractivity contribution is 6.00. The molecule has 1 atom stereocenters. The van der Waals surface area contributed by atoms with E-state index in [1.165, 1.54) is 31.8 Å². The van der Waals surface area contributed by atoms with Gasteiger partial charge < -0.3 is 15.7 Å². The van der Waals surface area contributed by atoms with Crippen LogP contribution in [-0.4, -0.2) is 59.8 Å². The molecule has 5 rings (SSSR count).